The molecule has 2 N–H and O–H groups in total. The lowest BCUT2D eigenvalue weighted by atomic mass is 10.1. The number of fused-ring (bicyclic) bond motifs is 1. The fourth-order valence-electron chi connectivity index (χ4n) is 2.51. The number of carbonyl (C=O) groups is 1. The first-order valence-electron chi connectivity index (χ1n) is 7.76. The molecule has 0 saturated heterocycles. The molecule has 1 heterocycles. The van der Waals surface area contributed by atoms with Crippen molar-refractivity contribution in [1.29, 1.82) is 0 Å². The van der Waals surface area contributed by atoms with Crippen molar-refractivity contribution in [3.63, 3.8) is 0 Å². The highest BCUT2D eigenvalue weighted by Crippen LogP contribution is 2.22. The van der Waals surface area contributed by atoms with Crippen LogP contribution >= 0.6 is 23.2 Å². The number of carbonyl (C=O) groups excluding carboxylic acids is 1. The number of nitrogens with one attached hydrogen (secondary N) is 2. The zero-order chi connectivity index (χ0) is 16.9. The maximum absolute atomic E-state index is 11.9. The zero-order valence-electron chi connectivity index (χ0n) is 13.0. The first kappa shape index (κ1) is 16.8. The summed E-state index contributed by atoms with van der Waals surface area (Å²) in [5.41, 5.74) is 2.88. The fourth-order valence-corrected chi connectivity index (χ4v) is 3.01. The van der Waals surface area contributed by atoms with Crippen LogP contribution in [-0.2, 0) is 17.6 Å². The van der Waals surface area contributed by atoms with Gasteiger partial charge in [0, 0.05) is 29.4 Å². The standard InChI is InChI=1S/C18H17Cl2N3O/c19-13-7-5-12(14(20)11-13)6-8-18(24)21-10-9-17-22-15-3-1-2-4-16(15)23-17/h1-5,7,11H,6,8-10H2,(H,21,24)(H,22,23). The van der Waals surface area contributed by atoms with Gasteiger partial charge < -0.3 is 10.3 Å². The molecular weight excluding hydrogens is 345 g/mol. The number of halogens is 2. The summed E-state index contributed by atoms with van der Waals surface area (Å²) in [5, 5.41) is 4.10. The monoisotopic (exact) mass is 361 g/mol. The molecule has 2 aromatic carbocycles. The van der Waals surface area contributed by atoms with Crippen molar-refractivity contribution < 1.29 is 4.79 Å². The van der Waals surface area contributed by atoms with E-state index in [-0.39, 0.29) is 5.91 Å². The van der Waals surface area contributed by atoms with Crippen molar-refractivity contribution >= 4 is 40.1 Å². The van der Waals surface area contributed by atoms with E-state index in [1.54, 1.807) is 12.1 Å². The quantitative estimate of drug-likeness (QED) is 0.692. The Morgan fingerprint density at radius 2 is 1.96 bits per heavy atom. The molecule has 0 atom stereocenters. The summed E-state index contributed by atoms with van der Waals surface area (Å²) in [7, 11) is 0. The number of benzene rings is 2. The van der Waals surface area contributed by atoms with Gasteiger partial charge in [0.25, 0.3) is 0 Å². The molecule has 0 unspecified atom stereocenters. The normalized spacial score (nSPS) is 10.9. The molecule has 3 rings (SSSR count). The van der Waals surface area contributed by atoms with Crippen LogP contribution < -0.4 is 5.32 Å². The van der Waals surface area contributed by atoms with Crippen LogP contribution in [-0.4, -0.2) is 22.4 Å². The van der Waals surface area contributed by atoms with Crippen LogP contribution in [0.15, 0.2) is 42.5 Å². The van der Waals surface area contributed by atoms with E-state index in [0.29, 0.717) is 35.9 Å². The lowest BCUT2D eigenvalue weighted by Crippen LogP contribution is -2.26. The van der Waals surface area contributed by atoms with E-state index in [9.17, 15) is 4.79 Å². The van der Waals surface area contributed by atoms with Crippen molar-refractivity contribution in [3.8, 4) is 0 Å². The Kier molecular flexibility index (Phi) is 5.38. The van der Waals surface area contributed by atoms with E-state index in [0.717, 1.165) is 22.4 Å². The largest absolute Gasteiger partial charge is 0.356 e. The van der Waals surface area contributed by atoms with Crippen LogP contribution in [0.1, 0.15) is 17.8 Å². The van der Waals surface area contributed by atoms with Crippen LogP contribution in [0, 0.1) is 0 Å². The number of H-pyrrole nitrogens is 1. The first-order valence-corrected chi connectivity index (χ1v) is 8.51. The molecule has 0 bridgehead atoms. The summed E-state index contributed by atoms with van der Waals surface area (Å²) in [6.45, 7) is 0.549. The Bertz CT molecular complexity index is 827. The SMILES string of the molecule is O=C(CCc1ccc(Cl)cc1Cl)NCCc1nc2ccccc2[nH]1. The molecule has 0 aliphatic rings. The highest BCUT2D eigenvalue weighted by molar-refractivity contribution is 6.35. The van der Waals surface area contributed by atoms with Gasteiger partial charge in [0.1, 0.15) is 5.82 Å². The van der Waals surface area contributed by atoms with Gasteiger partial charge in [-0.2, -0.15) is 0 Å². The van der Waals surface area contributed by atoms with Crippen LogP contribution in [0.5, 0.6) is 0 Å². The Labute approximate surface area is 150 Å². The van der Waals surface area contributed by atoms with Crippen molar-refractivity contribution in [3.05, 3.63) is 63.9 Å². The third-order valence-electron chi connectivity index (χ3n) is 3.76. The second-order valence-corrected chi connectivity index (χ2v) is 6.38. The predicted molar refractivity (Wildman–Crippen MR) is 97.6 cm³/mol. The number of nitrogens with zero attached hydrogens (tertiary/aromatic N) is 1. The summed E-state index contributed by atoms with van der Waals surface area (Å²) in [5.74, 6) is 0.870. The van der Waals surface area contributed by atoms with E-state index in [1.165, 1.54) is 0 Å². The van der Waals surface area contributed by atoms with Gasteiger partial charge in [-0.25, -0.2) is 4.98 Å². The molecule has 4 nitrogen and oxygen atoms in total. The van der Waals surface area contributed by atoms with Gasteiger partial charge in [0.05, 0.1) is 11.0 Å². The molecule has 24 heavy (non-hydrogen) atoms. The second kappa shape index (κ2) is 7.69. The Morgan fingerprint density at radius 3 is 2.75 bits per heavy atom. The Hall–Kier alpha value is -2.04. The third-order valence-corrected chi connectivity index (χ3v) is 4.35. The van der Waals surface area contributed by atoms with E-state index >= 15 is 0 Å². The number of rotatable bonds is 6. The summed E-state index contributed by atoms with van der Waals surface area (Å²) in [4.78, 5) is 19.7. The summed E-state index contributed by atoms with van der Waals surface area (Å²) in [6, 6.07) is 13.2. The van der Waals surface area contributed by atoms with Gasteiger partial charge in [0.2, 0.25) is 5.91 Å². The van der Waals surface area contributed by atoms with Crippen molar-refractivity contribution in [1.82, 2.24) is 15.3 Å². The summed E-state index contributed by atoms with van der Waals surface area (Å²) >= 11 is 12.0. The minimum absolute atomic E-state index is 0.00266. The average Bonchev–Trinajstić information content (AvgIpc) is 2.96. The third kappa shape index (κ3) is 4.28. The van der Waals surface area contributed by atoms with Crippen LogP contribution in [0.4, 0.5) is 0 Å². The number of aryl methyl sites for hydroxylation is 1. The lowest BCUT2D eigenvalue weighted by Gasteiger charge is -2.06. The van der Waals surface area contributed by atoms with Gasteiger partial charge >= 0.3 is 0 Å². The van der Waals surface area contributed by atoms with Crippen molar-refractivity contribution in [2.45, 2.75) is 19.3 Å². The summed E-state index contributed by atoms with van der Waals surface area (Å²) in [6.07, 6.45) is 1.65. The molecule has 1 amide bonds. The molecule has 0 aliphatic carbocycles. The molecule has 0 aliphatic heterocycles. The molecule has 0 fully saturated rings. The predicted octanol–water partition coefficient (Wildman–Crippen LogP) is 4.16. The minimum atomic E-state index is -0.00266. The van der Waals surface area contributed by atoms with Crippen molar-refractivity contribution in [2.75, 3.05) is 6.54 Å². The molecule has 0 radical (unpaired) electrons. The van der Waals surface area contributed by atoms with Gasteiger partial charge in [0.15, 0.2) is 0 Å². The highest BCUT2D eigenvalue weighted by atomic mass is 35.5. The molecule has 3 aromatic rings. The van der Waals surface area contributed by atoms with E-state index < -0.39 is 0 Å². The van der Waals surface area contributed by atoms with Crippen molar-refractivity contribution in [2.24, 2.45) is 0 Å². The molecule has 0 saturated carbocycles. The molecule has 0 spiro atoms. The molecular formula is C18H17Cl2N3O. The minimum Gasteiger partial charge on any atom is -0.356 e. The highest BCUT2D eigenvalue weighted by Gasteiger charge is 2.07. The number of aromatic amines is 1. The Balaban J connectivity index is 1.45. The fraction of sp³-hybridized carbons (Fsp3) is 0.222. The molecule has 6 heteroatoms. The van der Waals surface area contributed by atoms with Gasteiger partial charge in [-0.3, -0.25) is 4.79 Å². The number of hydrogen-bond acceptors (Lipinski definition) is 2. The van der Waals surface area contributed by atoms with Gasteiger partial charge in [-0.05, 0) is 36.2 Å². The molecule has 124 valence electrons. The average molecular weight is 362 g/mol. The topological polar surface area (TPSA) is 57.8 Å². The molecule has 1 aromatic heterocycles. The van der Waals surface area contributed by atoms with Gasteiger partial charge in [-0.1, -0.05) is 41.4 Å². The number of aromatic nitrogens is 2. The number of imidazole rings is 1. The number of hydrogen-bond donors (Lipinski definition) is 2. The first-order chi connectivity index (χ1) is 11.6. The lowest BCUT2D eigenvalue weighted by molar-refractivity contribution is -0.121. The van der Waals surface area contributed by atoms with Crippen LogP contribution in [0.25, 0.3) is 11.0 Å². The maximum atomic E-state index is 11.9. The number of para-hydroxylation sites is 2. The van der Waals surface area contributed by atoms with E-state index in [4.69, 9.17) is 23.2 Å². The van der Waals surface area contributed by atoms with Crippen LogP contribution in [0.2, 0.25) is 10.0 Å². The maximum Gasteiger partial charge on any atom is 0.220 e. The second-order valence-electron chi connectivity index (χ2n) is 5.54. The zero-order valence-corrected chi connectivity index (χ0v) is 14.5. The number of amides is 1. The van der Waals surface area contributed by atoms with Crippen LogP contribution in [0.3, 0.4) is 0 Å². The van der Waals surface area contributed by atoms with Gasteiger partial charge in [-0.15, -0.1) is 0 Å². The smallest absolute Gasteiger partial charge is 0.220 e. The van der Waals surface area contributed by atoms with E-state index in [1.807, 2.05) is 30.3 Å². The van der Waals surface area contributed by atoms with E-state index in [2.05, 4.69) is 15.3 Å². The summed E-state index contributed by atoms with van der Waals surface area (Å²) < 4.78 is 0. The Morgan fingerprint density at radius 1 is 1.12 bits per heavy atom.